The van der Waals surface area contributed by atoms with Crippen LogP contribution in [0.15, 0.2) is 48.8 Å². The van der Waals surface area contributed by atoms with Gasteiger partial charge in [0.05, 0.1) is 19.8 Å². The monoisotopic (exact) mass is 595 g/mol. The number of amides is 1. The van der Waals surface area contributed by atoms with E-state index < -0.39 is 24.3 Å². The Balaban J connectivity index is 0.000000349. The largest absolute Gasteiger partial charge is 0.496 e. The summed E-state index contributed by atoms with van der Waals surface area (Å²) in [6.45, 7) is 4.13. The SMILES string of the molecule is COc1ccccc1CN1C[C@@H]2[C@@H](CNC(=O)c3ccncc3)CO[C@@H]2C1.O=C(O)C(F)(F)F.O=C(O)C(F)(F)F. The Bertz CT molecular complexity index is 1140. The van der Waals surface area contributed by atoms with Crippen LogP contribution in [-0.4, -0.2) is 89.8 Å². The molecule has 0 radical (unpaired) electrons. The Morgan fingerprint density at radius 1 is 1.00 bits per heavy atom. The summed E-state index contributed by atoms with van der Waals surface area (Å²) < 4.78 is 75.0. The van der Waals surface area contributed by atoms with Gasteiger partial charge in [0.15, 0.2) is 0 Å². The van der Waals surface area contributed by atoms with E-state index in [9.17, 15) is 31.1 Å². The molecule has 2 saturated heterocycles. The van der Waals surface area contributed by atoms with Gasteiger partial charge in [-0.15, -0.1) is 0 Å². The number of aliphatic carboxylic acids is 2. The average molecular weight is 595 g/mol. The highest BCUT2D eigenvalue weighted by atomic mass is 19.4. The Morgan fingerprint density at radius 2 is 1.56 bits per heavy atom. The second kappa shape index (κ2) is 14.6. The second-order valence-electron chi connectivity index (χ2n) is 8.85. The van der Waals surface area contributed by atoms with Crippen molar-refractivity contribution in [3.8, 4) is 5.75 Å². The molecule has 41 heavy (non-hydrogen) atoms. The summed E-state index contributed by atoms with van der Waals surface area (Å²) >= 11 is 0. The van der Waals surface area contributed by atoms with E-state index >= 15 is 0 Å². The Labute approximate surface area is 229 Å². The Morgan fingerprint density at radius 3 is 2.10 bits per heavy atom. The fraction of sp³-hybridized carbons (Fsp3) is 0.440. The molecule has 0 spiro atoms. The van der Waals surface area contributed by atoms with Crippen LogP contribution < -0.4 is 10.1 Å². The van der Waals surface area contributed by atoms with Gasteiger partial charge >= 0.3 is 24.3 Å². The summed E-state index contributed by atoms with van der Waals surface area (Å²) in [5.74, 6) is -3.83. The number of benzene rings is 1. The summed E-state index contributed by atoms with van der Waals surface area (Å²) in [5, 5.41) is 17.3. The number of nitrogens with zero attached hydrogens (tertiary/aromatic N) is 2. The molecule has 0 unspecified atom stereocenters. The van der Waals surface area contributed by atoms with Crippen LogP contribution in [0.1, 0.15) is 15.9 Å². The lowest BCUT2D eigenvalue weighted by molar-refractivity contribution is -0.193. The number of pyridine rings is 1. The van der Waals surface area contributed by atoms with Crippen LogP contribution in [0.2, 0.25) is 0 Å². The smallest absolute Gasteiger partial charge is 0.490 e. The molecular formula is C25H27F6N3O7. The summed E-state index contributed by atoms with van der Waals surface area (Å²) in [5.41, 5.74) is 1.84. The van der Waals surface area contributed by atoms with E-state index in [-0.39, 0.29) is 12.0 Å². The molecule has 10 nitrogen and oxygen atoms in total. The normalized spacial score (nSPS) is 20.0. The van der Waals surface area contributed by atoms with Gasteiger partial charge in [-0.2, -0.15) is 26.3 Å². The number of carboxylic acids is 2. The molecular weight excluding hydrogens is 568 g/mol. The molecule has 1 aromatic carbocycles. The van der Waals surface area contributed by atoms with Crippen molar-refractivity contribution in [1.29, 1.82) is 0 Å². The van der Waals surface area contributed by atoms with Crippen molar-refractivity contribution in [2.75, 3.05) is 33.4 Å². The molecule has 16 heteroatoms. The van der Waals surface area contributed by atoms with Gasteiger partial charge in [-0.1, -0.05) is 18.2 Å². The van der Waals surface area contributed by atoms with E-state index in [1.807, 2.05) is 18.2 Å². The highest BCUT2D eigenvalue weighted by Crippen LogP contribution is 2.34. The molecule has 0 aliphatic carbocycles. The molecule has 2 aliphatic heterocycles. The van der Waals surface area contributed by atoms with Gasteiger partial charge in [0.2, 0.25) is 0 Å². The van der Waals surface area contributed by atoms with Crippen molar-refractivity contribution in [1.82, 2.24) is 15.2 Å². The van der Waals surface area contributed by atoms with Gasteiger partial charge in [0.25, 0.3) is 5.91 Å². The van der Waals surface area contributed by atoms with E-state index in [4.69, 9.17) is 29.3 Å². The van der Waals surface area contributed by atoms with Crippen molar-refractivity contribution in [2.24, 2.45) is 11.8 Å². The summed E-state index contributed by atoms with van der Waals surface area (Å²) in [7, 11) is 1.71. The lowest BCUT2D eigenvalue weighted by Gasteiger charge is -2.21. The first kappa shape index (κ1) is 33.3. The number of fused-ring (bicyclic) bond motifs is 1. The number of para-hydroxylation sites is 1. The number of nitrogens with one attached hydrogen (secondary N) is 1. The summed E-state index contributed by atoms with van der Waals surface area (Å²) in [6, 6.07) is 11.6. The maximum Gasteiger partial charge on any atom is 0.490 e. The average Bonchev–Trinajstić information content (AvgIpc) is 3.48. The van der Waals surface area contributed by atoms with Crippen LogP contribution in [0.4, 0.5) is 26.3 Å². The number of carbonyl (C=O) groups is 3. The van der Waals surface area contributed by atoms with Crippen LogP contribution in [0, 0.1) is 11.8 Å². The maximum atomic E-state index is 12.3. The van der Waals surface area contributed by atoms with E-state index in [0.29, 0.717) is 30.6 Å². The van der Waals surface area contributed by atoms with Gasteiger partial charge in [-0.05, 0) is 18.2 Å². The van der Waals surface area contributed by atoms with Crippen LogP contribution in [0.3, 0.4) is 0 Å². The van der Waals surface area contributed by atoms with Crippen LogP contribution in [0.5, 0.6) is 5.75 Å². The van der Waals surface area contributed by atoms with Crippen LogP contribution in [-0.2, 0) is 20.9 Å². The number of rotatable bonds is 6. The Kier molecular flexibility index (Phi) is 11.9. The van der Waals surface area contributed by atoms with E-state index in [0.717, 1.165) is 25.4 Å². The van der Waals surface area contributed by atoms with Gasteiger partial charge < -0.3 is 25.0 Å². The molecule has 3 heterocycles. The predicted molar refractivity (Wildman–Crippen MR) is 129 cm³/mol. The lowest BCUT2D eigenvalue weighted by Crippen LogP contribution is -2.34. The summed E-state index contributed by atoms with van der Waals surface area (Å²) in [6.07, 6.45) is -6.64. The third kappa shape index (κ3) is 10.5. The molecule has 4 rings (SSSR count). The number of methoxy groups -OCH3 is 1. The van der Waals surface area contributed by atoms with Crippen molar-refractivity contribution in [3.05, 3.63) is 59.9 Å². The number of carboxylic acid groups (broad SMARTS) is 2. The molecule has 0 bridgehead atoms. The fourth-order valence-corrected chi connectivity index (χ4v) is 4.12. The number of ether oxygens (including phenoxy) is 2. The van der Waals surface area contributed by atoms with Crippen molar-refractivity contribution < 1.29 is 60.4 Å². The maximum absolute atomic E-state index is 12.3. The Hall–Kier alpha value is -3.92. The first-order valence-corrected chi connectivity index (χ1v) is 11.9. The minimum Gasteiger partial charge on any atom is -0.496 e. The van der Waals surface area contributed by atoms with Crippen LogP contribution >= 0.6 is 0 Å². The molecule has 1 aromatic heterocycles. The zero-order valence-electron chi connectivity index (χ0n) is 21.5. The number of aromatic nitrogens is 1. The predicted octanol–water partition coefficient (Wildman–Crippen LogP) is 3.23. The highest BCUT2D eigenvalue weighted by Gasteiger charge is 2.44. The molecule has 2 aliphatic rings. The lowest BCUT2D eigenvalue weighted by atomic mass is 9.93. The molecule has 0 saturated carbocycles. The van der Waals surface area contributed by atoms with E-state index in [1.54, 1.807) is 31.6 Å². The molecule has 2 fully saturated rings. The fourth-order valence-electron chi connectivity index (χ4n) is 4.12. The molecule has 1 amide bonds. The molecule has 3 N–H and O–H groups in total. The summed E-state index contributed by atoms with van der Waals surface area (Å²) in [4.78, 5) is 36.4. The first-order chi connectivity index (χ1) is 19.1. The topological polar surface area (TPSA) is 138 Å². The number of hydrogen-bond donors (Lipinski definition) is 3. The van der Waals surface area contributed by atoms with Crippen molar-refractivity contribution >= 4 is 17.8 Å². The zero-order chi connectivity index (χ0) is 30.8. The number of alkyl halides is 6. The highest BCUT2D eigenvalue weighted by molar-refractivity contribution is 5.93. The third-order valence-electron chi connectivity index (χ3n) is 6.05. The third-order valence-corrected chi connectivity index (χ3v) is 6.05. The van der Waals surface area contributed by atoms with E-state index in [2.05, 4.69) is 21.3 Å². The number of carbonyl (C=O) groups excluding carboxylic acids is 1. The standard InChI is InChI=1S/C21H25N3O3.2C2HF3O2/c1-26-19-5-3-2-4-16(19)11-24-12-18-17(14-27-20(18)13-24)10-23-21(25)15-6-8-22-9-7-15;2*3-2(4,5)1(6)7/h2-9,17-18,20H,10-14H2,1H3,(H,23,25);2*(H,6,7)/t17-,18+,20+;;/m0../s1. The molecule has 226 valence electrons. The minimum absolute atomic E-state index is 0.0512. The second-order valence-corrected chi connectivity index (χ2v) is 8.85. The zero-order valence-corrected chi connectivity index (χ0v) is 21.5. The molecule has 3 atom stereocenters. The first-order valence-electron chi connectivity index (χ1n) is 11.9. The van der Waals surface area contributed by atoms with Crippen LogP contribution in [0.25, 0.3) is 0 Å². The molecule has 2 aromatic rings. The van der Waals surface area contributed by atoms with E-state index in [1.165, 1.54) is 5.56 Å². The van der Waals surface area contributed by atoms with Gasteiger partial charge in [-0.25, -0.2) is 9.59 Å². The number of hydrogen-bond acceptors (Lipinski definition) is 7. The van der Waals surface area contributed by atoms with Crippen molar-refractivity contribution in [2.45, 2.75) is 25.0 Å². The van der Waals surface area contributed by atoms with Gasteiger partial charge in [0.1, 0.15) is 5.75 Å². The number of halogens is 6. The van der Waals surface area contributed by atoms with Gasteiger partial charge in [-0.3, -0.25) is 14.7 Å². The minimum atomic E-state index is -5.08. The number of likely N-dealkylation sites (tertiary alicyclic amines) is 1. The van der Waals surface area contributed by atoms with Crippen molar-refractivity contribution in [3.63, 3.8) is 0 Å². The van der Waals surface area contributed by atoms with Gasteiger partial charge in [0, 0.05) is 61.5 Å². The quantitative estimate of drug-likeness (QED) is 0.430.